The molecule has 1 aromatic carbocycles. The Hall–Kier alpha value is -1.07. The summed E-state index contributed by atoms with van der Waals surface area (Å²) in [6, 6.07) is 3.00. The first kappa shape index (κ1) is 13.6. The molecule has 2 atom stereocenters. The highest BCUT2D eigenvalue weighted by Crippen LogP contribution is 2.58. The van der Waals surface area contributed by atoms with Crippen LogP contribution in [0.3, 0.4) is 0 Å². The van der Waals surface area contributed by atoms with E-state index in [1.165, 1.54) is 16.7 Å². The minimum atomic E-state index is -0.168. The molecule has 4 rings (SSSR count). The summed E-state index contributed by atoms with van der Waals surface area (Å²) in [6.07, 6.45) is 1.34. The first-order valence-electron chi connectivity index (χ1n) is 6.45. The van der Waals surface area contributed by atoms with Crippen LogP contribution in [0.1, 0.15) is 36.2 Å². The SMILES string of the molecule is Oc1c2c(c(O)n1-c1cc(Cl)c(Cl)cc1Cl)[C@H]1CC[C@@H]2O1. The molecule has 2 aromatic rings. The fraction of sp³-hybridized carbons (Fsp3) is 0.286. The van der Waals surface area contributed by atoms with Crippen LogP contribution in [0, 0.1) is 0 Å². The molecule has 110 valence electrons. The van der Waals surface area contributed by atoms with E-state index >= 15 is 0 Å². The number of rotatable bonds is 1. The predicted molar refractivity (Wildman–Crippen MR) is 79.9 cm³/mol. The van der Waals surface area contributed by atoms with Gasteiger partial charge in [0.15, 0.2) is 0 Å². The van der Waals surface area contributed by atoms with Gasteiger partial charge in [-0.2, -0.15) is 0 Å². The van der Waals surface area contributed by atoms with Crippen LogP contribution >= 0.6 is 34.8 Å². The molecular weight excluding hydrogens is 337 g/mol. The van der Waals surface area contributed by atoms with Gasteiger partial charge < -0.3 is 14.9 Å². The zero-order valence-corrected chi connectivity index (χ0v) is 12.9. The lowest BCUT2D eigenvalue weighted by molar-refractivity contribution is 0.0683. The molecule has 0 aliphatic carbocycles. The Balaban J connectivity index is 1.98. The molecule has 0 saturated carbocycles. The van der Waals surface area contributed by atoms with Crippen molar-refractivity contribution in [2.75, 3.05) is 0 Å². The summed E-state index contributed by atoms with van der Waals surface area (Å²) in [7, 11) is 0. The number of fused-ring (bicyclic) bond motifs is 5. The van der Waals surface area contributed by atoms with Crippen molar-refractivity contribution in [3.63, 3.8) is 0 Å². The number of aromatic nitrogens is 1. The van der Waals surface area contributed by atoms with E-state index in [4.69, 9.17) is 39.5 Å². The highest BCUT2D eigenvalue weighted by atomic mass is 35.5. The van der Waals surface area contributed by atoms with Crippen LogP contribution in [0.15, 0.2) is 12.1 Å². The van der Waals surface area contributed by atoms with Gasteiger partial charge in [-0.15, -0.1) is 0 Å². The van der Waals surface area contributed by atoms with Crippen molar-refractivity contribution in [3.05, 3.63) is 38.3 Å². The molecule has 4 nitrogen and oxygen atoms in total. The zero-order chi connectivity index (χ0) is 14.9. The van der Waals surface area contributed by atoms with Gasteiger partial charge in [0.1, 0.15) is 0 Å². The monoisotopic (exact) mass is 345 g/mol. The van der Waals surface area contributed by atoms with E-state index in [0.717, 1.165) is 12.8 Å². The van der Waals surface area contributed by atoms with Crippen molar-refractivity contribution in [1.82, 2.24) is 4.57 Å². The lowest BCUT2D eigenvalue weighted by Gasteiger charge is -2.12. The summed E-state index contributed by atoms with van der Waals surface area (Å²) < 4.78 is 6.99. The molecule has 1 fully saturated rings. The Labute approximate surface area is 135 Å². The lowest BCUT2D eigenvalue weighted by atomic mass is 9.95. The van der Waals surface area contributed by atoms with Crippen molar-refractivity contribution in [3.8, 4) is 17.4 Å². The minimum Gasteiger partial charge on any atom is -0.494 e. The van der Waals surface area contributed by atoms with Gasteiger partial charge in [-0.1, -0.05) is 34.8 Å². The van der Waals surface area contributed by atoms with E-state index in [2.05, 4.69) is 0 Å². The molecule has 3 heterocycles. The van der Waals surface area contributed by atoms with Gasteiger partial charge >= 0.3 is 0 Å². The molecular formula is C14H10Cl3NO3. The first-order valence-corrected chi connectivity index (χ1v) is 7.59. The molecule has 2 aliphatic heterocycles. The largest absolute Gasteiger partial charge is 0.494 e. The standard InChI is InChI=1S/C14H10Cl3NO3/c15-5-3-7(17)8(4-6(5)16)18-13(19)11-9-1-2-10(21-9)12(11)14(18)20/h3-4,9-10,19-20H,1-2H2/t9-,10+. The molecule has 0 unspecified atom stereocenters. The number of nitrogens with zero attached hydrogens (tertiary/aromatic N) is 1. The van der Waals surface area contributed by atoms with E-state index in [-0.39, 0.29) is 29.0 Å². The van der Waals surface area contributed by atoms with E-state index in [1.807, 2.05) is 0 Å². The van der Waals surface area contributed by atoms with Crippen LogP contribution in [-0.4, -0.2) is 14.8 Å². The second-order valence-electron chi connectivity index (χ2n) is 5.22. The predicted octanol–water partition coefficient (Wildman–Crippen LogP) is 4.75. The van der Waals surface area contributed by atoms with Gasteiger partial charge in [-0.05, 0) is 25.0 Å². The maximum Gasteiger partial charge on any atom is 0.205 e. The Morgan fingerprint density at radius 1 is 0.905 bits per heavy atom. The smallest absolute Gasteiger partial charge is 0.205 e. The molecule has 0 spiro atoms. The molecule has 0 amide bonds. The van der Waals surface area contributed by atoms with E-state index in [1.54, 1.807) is 0 Å². The summed E-state index contributed by atoms with van der Waals surface area (Å²) in [5.41, 5.74) is 1.67. The number of halogens is 3. The molecule has 2 aliphatic rings. The summed E-state index contributed by atoms with van der Waals surface area (Å²) in [4.78, 5) is 0. The van der Waals surface area contributed by atoms with E-state index in [0.29, 0.717) is 26.9 Å². The third kappa shape index (κ3) is 1.73. The van der Waals surface area contributed by atoms with Crippen LogP contribution in [0.4, 0.5) is 0 Å². The van der Waals surface area contributed by atoms with E-state index < -0.39 is 0 Å². The molecule has 7 heteroatoms. The minimum absolute atomic E-state index is 0.0602. The third-order valence-corrected chi connectivity index (χ3v) is 5.11. The first-order chi connectivity index (χ1) is 9.99. The van der Waals surface area contributed by atoms with Crippen LogP contribution < -0.4 is 0 Å². The van der Waals surface area contributed by atoms with Crippen molar-refractivity contribution >= 4 is 34.8 Å². The van der Waals surface area contributed by atoms with Crippen LogP contribution in [-0.2, 0) is 4.74 Å². The molecule has 2 bridgehead atoms. The highest BCUT2D eigenvalue weighted by Gasteiger charge is 2.45. The van der Waals surface area contributed by atoms with Crippen LogP contribution in [0.2, 0.25) is 15.1 Å². The fourth-order valence-electron chi connectivity index (χ4n) is 3.19. The normalized spacial score (nSPS) is 22.8. The maximum atomic E-state index is 10.5. The fourth-order valence-corrected chi connectivity index (χ4v) is 3.82. The number of hydrogen-bond acceptors (Lipinski definition) is 3. The third-order valence-electron chi connectivity index (χ3n) is 4.09. The van der Waals surface area contributed by atoms with Crippen molar-refractivity contribution < 1.29 is 14.9 Å². The zero-order valence-electron chi connectivity index (χ0n) is 10.6. The number of aromatic hydroxyl groups is 2. The van der Waals surface area contributed by atoms with Crippen LogP contribution in [0.25, 0.3) is 5.69 Å². The Bertz CT molecular complexity index is 738. The second-order valence-corrected chi connectivity index (χ2v) is 6.44. The van der Waals surface area contributed by atoms with Gasteiger partial charge in [0.2, 0.25) is 11.8 Å². The van der Waals surface area contributed by atoms with Gasteiger partial charge in [0, 0.05) is 0 Å². The van der Waals surface area contributed by atoms with Crippen LogP contribution in [0.5, 0.6) is 11.8 Å². The van der Waals surface area contributed by atoms with Crippen molar-refractivity contribution in [2.24, 2.45) is 0 Å². The van der Waals surface area contributed by atoms with Crippen molar-refractivity contribution in [2.45, 2.75) is 25.0 Å². The molecule has 0 radical (unpaired) electrons. The quantitative estimate of drug-likeness (QED) is 0.732. The van der Waals surface area contributed by atoms with Gasteiger partial charge in [-0.25, -0.2) is 4.57 Å². The number of ether oxygens (including phenoxy) is 1. The molecule has 21 heavy (non-hydrogen) atoms. The Kier molecular flexibility index (Phi) is 2.89. The summed E-state index contributed by atoms with van der Waals surface area (Å²) in [6.45, 7) is 0. The number of benzene rings is 1. The lowest BCUT2D eigenvalue weighted by Crippen LogP contribution is -1.97. The summed E-state index contributed by atoms with van der Waals surface area (Å²) in [5.74, 6) is -0.120. The maximum absolute atomic E-state index is 10.5. The van der Waals surface area contributed by atoms with Gasteiger partial charge in [0.25, 0.3) is 0 Å². The Morgan fingerprint density at radius 2 is 1.43 bits per heavy atom. The summed E-state index contributed by atoms with van der Waals surface area (Å²) in [5, 5.41) is 21.9. The van der Waals surface area contributed by atoms with Gasteiger partial charge in [0.05, 0.1) is 44.1 Å². The number of hydrogen-bond donors (Lipinski definition) is 2. The summed E-state index contributed by atoms with van der Waals surface area (Å²) >= 11 is 18.1. The van der Waals surface area contributed by atoms with E-state index in [9.17, 15) is 10.2 Å². The molecule has 2 N–H and O–H groups in total. The second kappa shape index (κ2) is 4.46. The Morgan fingerprint density at radius 3 is 2.00 bits per heavy atom. The highest BCUT2D eigenvalue weighted by molar-refractivity contribution is 6.43. The topological polar surface area (TPSA) is 54.6 Å². The average molecular weight is 347 g/mol. The molecule has 1 saturated heterocycles. The van der Waals surface area contributed by atoms with Crippen molar-refractivity contribution in [1.29, 1.82) is 0 Å². The van der Waals surface area contributed by atoms with Gasteiger partial charge in [-0.3, -0.25) is 0 Å². The average Bonchev–Trinajstić information content (AvgIpc) is 3.09. The molecule has 1 aromatic heterocycles.